The van der Waals surface area contributed by atoms with Gasteiger partial charge in [0, 0.05) is 5.69 Å². The summed E-state index contributed by atoms with van der Waals surface area (Å²) in [6.45, 7) is 4.93. The van der Waals surface area contributed by atoms with Gasteiger partial charge < -0.3 is 10.6 Å². The minimum Gasteiger partial charge on any atom is -0.325 e. The van der Waals surface area contributed by atoms with E-state index in [0.29, 0.717) is 6.54 Å². The molecule has 0 aliphatic carbocycles. The number of carbonyl (C=O) groups is 1. The zero-order valence-electron chi connectivity index (χ0n) is 12.9. The van der Waals surface area contributed by atoms with Crippen molar-refractivity contribution < 1.29 is 9.18 Å². The Morgan fingerprint density at radius 1 is 1.09 bits per heavy atom. The molecule has 0 bridgehead atoms. The Morgan fingerprint density at radius 2 is 1.82 bits per heavy atom. The molecule has 2 rings (SSSR count). The average molecular weight is 300 g/mol. The fourth-order valence-corrected chi connectivity index (χ4v) is 2.23. The standard InChI is InChI=1S/C18H21FN2O/c1-13-3-8-17(14(2)11-13)21-18(22)12-20-10-9-15-4-6-16(19)7-5-15/h3-8,11,20H,9-10,12H2,1-2H3,(H,21,22). The van der Waals surface area contributed by atoms with Gasteiger partial charge in [-0.2, -0.15) is 0 Å². The summed E-state index contributed by atoms with van der Waals surface area (Å²) >= 11 is 0. The normalized spacial score (nSPS) is 10.5. The molecule has 22 heavy (non-hydrogen) atoms. The van der Waals surface area contributed by atoms with E-state index in [9.17, 15) is 9.18 Å². The molecule has 0 heterocycles. The van der Waals surface area contributed by atoms with Crippen LogP contribution in [0.4, 0.5) is 10.1 Å². The minimum absolute atomic E-state index is 0.0638. The fourth-order valence-electron chi connectivity index (χ4n) is 2.23. The Morgan fingerprint density at radius 3 is 2.50 bits per heavy atom. The summed E-state index contributed by atoms with van der Waals surface area (Å²) in [4.78, 5) is 11.9. The number of hydrogen-bond acceptors (Lipinski definition) is 2. The number of benzene rings is 2. The summed E-state index contributed by atoms with van der Waals surface area (Å²) in [6.07, 6.45) is 0.761. The van der Waals surface area contributed by atoms with Crippen LogP contribution in [-0.4, -0.2) is 19.0 Å². The Hall–Kier alpha value is -2.20. The molecular weight excluding hydrogens is 279 g/mol. The second-order valence-electron chi connectivity index (χ2n) is 5.42. The summed E-state index contributed by atoms with van der Waals surface area (Å²) in [5, 5.41) is 5.99. The van der Waals surface area contributed by atoms with Crippen molar-refractivity contribution in [2.45, 2.75) is 20.3 Å². The van der Waals surface area contributed by atoms with Crippen molar-refractivity contribution >= 4 is 11.6 Å². The van der Waals surface area contributed by atoms with Crippen molar-refractivity contribution in [3.05, 3.63) is 65.0 Å². The summed E-state index contributed by atoms with van der Waals surface area (Å²) in [5.74, 6) is -0.296. The number of anilines is 1. The van der Waals surface area contributed by atoms with Gasteiger partial charge in [-0.25, -0.2) is 4.39 Å². The van der Waals surface area contributed by atoms with E-state index < -0.39 is 0 Å². The maximum Gasteiger partial charge on any atom is 0.238 e. The lowest BCUT2D eigenvalue weighted by atomic mass is 10.1. The number of nitrogens with one attached hydrogen (secondary N) is 2. The Balaban J connectivity index is 1.72. The quantitative estimate of drug-likeness (QED) is 0.804. The van der Waals surface area contributed by atoms with E-state index in [1.807, 2.05) is 32.0 Å². The molecule has 2 aromatic carbocycles. The molecule has 2 aromatic rings. The Bertz CT molecular complexity index is 638. The monoisotopic (exact) mass is 300 g/mol. The maximum absolute atomic E-state index is 12.8. The first-order valence-corrected chi connectivity index (χ1v) is 7.37. The van der Waals surface area contributed by atoms with E-state index >= 15 is 0 Å². The van der Waals surface area contributed by atoms with Crippen molar-refractivity contribution in [2.24, 2.45) is 0 Å². The topological polar surface area (TPSA) is 41.1 Å². The van der Waals surface area contributed by atoms with Gasteiger partial charge in [0.1, 0.15) is 5.82 Å². The van der Waals surface area contributed by atoms with Crippen LogP contribution in [0, 0.1) is 19.7 Å². The average Bonchev–Trinajstić information content (AvgIpc) is 2.48. The lowest BCUT2D eigenvalue weighted by Crippen LogP contribution is -2.29. The van der Waals surface area contributed by atoms with Crippen molar-refractivity contribution in [2.75, 3.05) is 18.4 Å². The Labute approximate surface area is 130 Å². The number of amides is 1. The second kappa shape index (κ2) is 7.71. The molecule has 0 aromatic heterocycles. The predicted octanol–water partition coefficient (Wildman–Crippen LogP) is 3.21. The number of aryl methyl sites for hydroxylation is 2. The molecule has 0 radical (unpaired) electrons. The van der Waals surface area contributed by atoms with Crippen molar-refractivity contribution in [3.63, 3.8) is 0 Å². The molecular formula is C18H21FN2O. The summed E-state index contributed by atoms with van der Waals surface area (Å²) in [6, 6.07) is 12.3. The van der Waals surface area contributed by atoms with Crippen molar-refractivity contribution in [3.8, 4) is 0 Å². The molecule has 0 spiro atoms. The maximum atomic E-state index is 12.8. The van der Waals surface area contributed by atoms with Crippen LogP contribution in [-0.2, 0) is 11.2 Å². The van der Waals surface area contributed by atoms with Crippen LogP contribution in [0.5, 0.6) is 0 Å². The highest BCUT2D eigenvalue weighted by molar-refractivity contribution is 5.92. The van der Waals surface area contributed by atoms with Gasteiger partial charge in [-0.1, -0.05) is 29.8 Å². The van der Waals surface area contributed by atoms with Gasteiger partial charge in [0.05, 0.1) is 6.54 Å². The van der Waals surface area contributed by atoms with Gasteiger partial charge in [-0.15, -0.1) is 0 Å². The van der Waals surface area contributed by atoms with E-state index in [2.05, 4.69) is 10.6 Å². The van der Waals surface area contributed by atoms with E-state index in [1.165, 1.54) is 17.7 Å². The molecule has 0 atom stereocenters. The van der Waals surface area contributed by atoms with Crippen LogP contribution in [0.25, 0.3) is 0 Å². The zero-order chi connectivity index (χ0) is 15.9. The molecule has 116 valence electrons. The van der Waals surface area contributed by atoms with Crippen LogP contribution in [0.2, 0.25) is 0 Å². The first-order chi connectivity index (χ1) is 10.5. The van der Waals surface area contributed by atoms with Gasteiger partial charge in [0.15, 0.2) is 0 Å². The molecule has 4 heteroatoms. The third-order valence-corrected chi connectivity index (χ3v) is 3.45. The van der Waals surface area contributed by atoms with Crippen molar-refractivity contribution in [1.82, 2.24) is 5.32 Å². The van der Waals surface area contributed by atoms with Gasteiger partial charge in [0.25, 0.3) is 0 Å². The predicted molar refractivity (Wildman–Crippen MR) is 87.5 cm³/mol. The number of halogens is 1. The molecule has 0 saturated carbocycles. The number of carbonyl (C=O) groups excluding carboxylic acids is 1. The van der Waals surface area contributed by atoms with Gasteiger partial charge in [-0.05, 0) is 56.1 Å². The highest BCUT2D eigenvalue weighted by Gasteiger charge is 2.04. The highest BCUT2D eigenvalue weighted by atomic mass is 19.1. The van der Waals surface area contributed by atoms with E-state index in [-0.39, 0.29) is 18.3 Å². The SMILES string of the molecule is Cc1ccc(NC(=O)CNCCc2ccc(F)cc2)c(C)c1. The molecule has 1 amide bonds. The second-order valence-corrected chi connectivity index (χ2v) is 5.42. The summed E-state index contributed by atoms with van der Waals surface area (Å²) in [5.41, 5.74) is 4.12. The van der Waals surface area contributed by atoms with Gasteiger partial charge in [-0.3, -0.25) is 4.79 Å². The van der Waals surface area contributed by atoms with Gasteiger partial charge >= 0.3 is 0 Å². The first kappa shape index (κ1) is 16.2. The van der Waals surface area contributed by atoms with Crippen LogP contribution in [0.1, 0.15) is 16.7 Å². The molecule has 0 saturated heterocycles. The lowest BCUT2D eigenvalue weighted by molar-refractivity contribution is -0.115. The summed E-state index contributed by atoms with van der Waals surface area (Å²) in [7, 11) is 0. The van der Waals surface area contributed by atoms with Gasteiger partial charge in [0.2, 0.25) is 5.91 Å². The van der Waals surface area contributed by atoms with Crippen LogP contribution in [0.3, 0.4) is 0 Å². The van der Waals surface area contributed by atoms with E-state index in [4.69, 9.17) is 0 Å². The Kier molecular flexibility index (Phi) is 5.67. The first-order valence-electron chi connectivity index (χ1n) is 7.37. The highest BCUT2D eigenvalue weighted by Crippen LogP contribution is 2.15. The number of hydrogen-bond donors (Lipinski definition) is 2. The zero-order valence-corrected chi connectivity index (χ0v) is 12.9. The molecule has 0 unspecified atom stereocenters. The van der Waals surface area contributed by atoms with Crippen LogP contribution in [0.15, 0.2) is 42.5 Å². The molecule has 2 N–H and O–H groups in total. The smallest absolute Gasteiger partial charge is 0.238 e. The van der Waals surface area contributed by atoms with E-state index in [1.54, 1.807) is 12.1 Å². The largest absolute Gasteiger partial charge is 0.325 e. The molecule has 3 nitrogen and oxygen atoms in total. The van der Waals surface area contributed by atoms with Crippen molar-refractivity contribution in [1.29, 1.82) is 0 Å². The molecule has 0 aliphatic rings. The minimum atomic E-state index is -0.232. The van der Waals surface area contributed by atoms with E-state index in [0.717, 1.165) is 23.2 Å². The lowest BCUT2D eigenvalue weighted by Gasteiger charge is -2.10. The fraction of sp³-hybridized carbons (Fsp3) is 0.278. The number of rotatable bonds is 6. The third-order valence-electron chi connectivity index (χ3n) is 3.45. The molecule has 0 fully saturated rings. The third kappa shape index (κ3) is 4.97. The molecule has 0 aliphatic heterocycles. The van der Waals surface area contributed by atoms with Crippen LogP contribution >= 0.6 is 0 Å². The summed E-state index contributed by atoms with van der Waals surface area (Å²) < 4.78 is 12.8. The van der Waals surface area contributed by atoms with Crippen LogP contribution < -0.4 is 10.6 Å².